The summed E-state index contributed by atoms with van der Waals surface area (Å²) < 4.78 is 38.3. The molecule has 0 aromatic heterocycles. The highest BCUT2D eigenvalue weighted by atomic mass is 19.4. The Morgan fingerprint density at radius 1 is 1.32 bits per heavy atom. The average molecular weight is 278 g/mol. The highest BCUT2D eigenvalue weighted by molar-refractivity contribution is 5.74. The number of alkyl halides is 3. The number of hydrogen-bond donors (Lipinski definition) is 4. The molecule has 0 saturated carbocycles. The van der Waals surface area contributed by atoms with Gasteiger partial charge in [0.05, 0.1) is 18.1 Å². The topological polar surface area (TPSA) is 110 Å². The molecule has 106 valence electrons. The van der Waals surface area contributed by atoms with Crippen molar-refractivity contribution in [1.29, 1.82) is 0 Å². The molecule has 0 aliphatic carbocycles. The van der Waals surface area contributed by atoms with Crippen molar-refractivity contribution in [2.75, 3.05) is 5.73 Å². The van der Waals surface area contributed by atoms with Gasteiger partial charge in [0.25, 0.3) is 0 Å². The van der Waals surface area contributed by atoms with E-state index in [0.717, 1.165) is 12.1 Å². The van der Waals surface area contributed by atoms with Crippen LogP contribution in [0.15, 0.2) is 18.2 Å². The molecule has 0 aliphatic heterocycles. The molecule has 0 aliphatic rings. The zero-order valence-electron chi connectivity index (χ0n) is 9.69. The van der Waals surface area contributed by atoms with Crippen molar-refractivity contribution >= 4 is 11.6 Å². The monoisotopic (exact) mass is 278 g/mol. The van der Waals surface area contributed by atoms with Crippen molar-refractivity contribution in [2.24, 2.45) is 5.73 Å². The van der Waals surface area contributed by atoms with Crippen LogP contribution in [0, 0.1) is 0 Å². The van der Waals surface area contributed by atoms with E-state index in [-0.39, 0.29) is 5.69 Å². The predicted octanol–water partition coefficient (Wildman–Crippen LogP) is 0.557. The number of nitrogen functional groups attached to an aromatic ring is 1. The van der Waals surface area contributed by atoms with Gasteiger partial charge in [0.15, 0.2) is 0 Å². The Hall–Kier alpha value is -1.80. The first-order valence-corrected chi connectivity index (χ1v) is 5.24. The molecule has 5 nitrogen and oxygen atoms in total. The largest absolute Gasteiger partial charge is 0.416 e. The average Bonchev–Trinajstić information content (AvgIpc) is 2.25. The number of carbonyl (C=O) groups excluding carboxylic acids is 1. The van der Waals surface area contributed by atoms with Crippen LogP contribution in [-0.2, 0) is 11.0 Å². The van der Waals surface area contributed by atoms with Crippen LogP contribution in [0.25, 0.3) is 0 Å². The van der Waals surface area contributed by atoms with Crippen molar-refractivity contribution in [2.45, 2.75) is 24.8 Å². The highest BCUT2D eigenvalue weighted by Gasteiger charge is 2.36. The van der Waals surface area contributed by atoms with E-state index >= 15 is 0 Å². The van der Waals surface area contributed by atoms with E-state index in [9.17, 15) is 28.2 Å². The van der Waals surface area contributed by atoms with Gasteiger partial charge in [0.2, 0.25) is 5.91 Å². The molecule has 1 aromatic carbocycles. The third kappa shape index (κ3) is 3.83. The number of hydrogen-bond acceptors (Lipinski definition) is 4. The maximum Gasteiger partial charge on any atom is 0.416 e. The number of aliphatic hydroxyl groups excluding tert-OH is 2. The molecule has 0 radical (unpaired) electrons. The minimum atomic E-state index is -4.74. The molecule has 6 N–H and O–H groups in total. The SMILES string of the molecule is NC(=O)CC(O)C(O)c1ccc(N)cc1C(F)(F)F. The molecule has 2 unspecified atom stereocenters. The van der Waals surface area contributed by atoms with Gasteiger partial charge in [0.1, 0.15) is 6.10 Å². The van der Waals surface area contributed by atoms with Crippen molar-refractivity contribution in [3.8, 4) is 0 Å². The quantitative estimate of drug-likeness (QED) is 0.603. The Kier molecular flexibility index (Phi) is 4.38. The lowest BCUT2D eigenvalue weighted by Crippen LogP contribution is -2.27. The van der Waals surface area contributed by atoms with Crippen LogP contribution in [0.4, 0.5) is 18.9 Å². The number of benzene rings is 1. The van der Waals surface area contributed by atoms with Crippen LogP contribution < -0.4 is 11.5 Å². The van der Waals surface area contributed by atoms with Gasteiger partial charge >= 0.3 is 6.18 Å². The Balaban J connectivity index is 3.16. The molecule has 0 bridgehead atoms. The number of carbonyl (C=O) groups is 1. The van der Waals surface area contributed by atoms with E-state index in [0.29, 0.717) is 6.07 Å². The fourth-order valence-electron chi connectivity index (χ4n) is 1.60. The molecule has 8 heteroatoms. The molecule has 1 amide bonds. The molecule has 1 aromatic rings. The van der Waals surface area contributed by atoms with Crippen LogP contribution in [0.2, 0.25) is 0 Å². The number of rotatable bonds is 4. The Morgan fingerprint density at radius 3 is 2.37 bits per heavy atom. The Bertz CT molecular complexity index is 477. The van der Waals surface area contributed by atoms with Crippen LogP contribution in [-0.4, -0.2) is 22.2 Å². The summed E-state index contributed by atoms with van der Waals surface area (Å²) in [7, 11) is 0. The van der Waals surface area contributed by atoms with Crippen LogP contribution in [0.1, 0.15) is 23.7 Å². The Labute approximate surface area is 106 Å². The van der Waals surface area contributed by atoms with E-state index < -0.39 is 41.8 Å². The summed E-state index contributed by atoms with van der Waals surface area (Å²) in [5.74, 6) is -0.935. The van der Waals surface area contributed by atoms with Crippen molar-refractivity contribution in [3.05, 3.63) is 29.3 Å². The fraction of sp³-hybridized carbons (Fsp3) is 0.364. The minimum absolute atomic E-state index is 0.132. The number of nitrogens with two attached hydrogens (primary N) is 2. The smallest absolute Gasteiger partial charge is 0.399 e. The van der Waals surface area contributed by atoms with Crippen LogP contribution in [0.5, 0.6) is 0 Å². The molecular weight excluding hydrogens is 265 g/mol. The maximum atomic E-state index is 12.8. The maximum absolute atomic E-state index is 12.8. The molecule has 19 heavy (non-hydrogen) atoms. The van der Waals surface area contributed by atoms with E-state index in [1.165, 1.54) is 0 Å². The molecule has 0 spiro atoms. The molecule has 0 heterocycles. The lowest BCUT2D eigenvalue weighted by molar-refractivity contribution is -0.140. The summed E-state index contributed by atoms with van der Waals surface area (Å²) in [5, 5.41) is 19.1. The third-order valence-electron chi connectivity index (χ3n) is 2.48. The molecule has 0 fully saturated rings. The van der Waals surface area contributed by atoms with Crippen molar-refractivity contribution in [1.82, 2.24) is 0 Å². The van der Waals surface area contributed by atoms with Gasteiger partial charge in [-0.2, -0.15) is 13.2 Å². The second kappa shape index (κ2) is 5.45. The number of amides is 1. The van der Waals surface area contributed by atoms with Gasteiger partial charge in [-0.25, -0.2) is 0 Å². The summed E-state index contributed by atoms with van der Waals surface area (Å²) >= 11 is 0. The number of aliphatic hydroxyl groups is 2. The normalized spacial score (nSPS) is 15.0. The first-order chi connectivity index (χ1) is 8.62. The van der Waals surface area contributed by atoms with Gasteiger partial charge in [0, 0.05) is 5.69 Å². The number of primary amides is 1. The van der Waals surface area contributed by atoms with E-state index in [1.54, 1.807) is 0 Å². The molecule has 1 rings (SSSR count). The predicted molar refractivity (Wildman–Crippen MR) is 60.6 cm³/mol. The highest BCUT2D eigenvalue weighted by Crippen LogP contribution is 2.36. The zero-order valence-corrected chi connectivity index (χ0v) is 9.69. The van der Waals surface area contributed by atoms with Gasteiger partial charge in [-0.05, 0) is 17.7 Å². The van der Waals surface area contributed by atoms with Gasteiger partial charge in [-0.1, -0.05) is 6.07 Å². The molecular formula is C11H13F3N2O3. The first kappa shape index (κ1) is 15.3. The standard InChI is InChI=1S/C11H13F3N2O3/c12-11(13,14)7-3-5(15)1-2-6(7)10(19)8(17)4-9(16)18/h1-3,8,10,17,19H,4,15H2,(H2,16,18). The Morgan fingerprint density at radius 2 is 1.89 bits per heavy atom. The van der Waals surface area contributed by atoms with E-state index in [1.807, 2.05) is 0 Å². The number of anilines is 1. The lowest BCUT2D eigenvalue weighted by atomic mass is 9.96. The summed E-state index contributed by atoms with van der Waals surface area (Å²) in [4.78, 5) is 10.6. The van der Waals surface area contributed by atoms with Gasteiger partial charge in [-0.3, -0.25) is 4.79 Å². The summed E-state index contributed by atoms with van der Waals surface area (Å²) in [6, 6.07) is 2.76. The summed E-state index contributed by atoms with van der Waals surface area (Å²) in [5.41, 5.74) is 8.21. The number of halogens is 3. The molecule has 0 saturated heterocycles. The van der Waals surface area contributed by atoms with E-state index in [2.05, 4.69) is 0 Å². The second-order valence-corrected chi connectivity index (χ2v) is 4.03. The second-order valence-electron chi connectivity index (χ2n) is 4.03. The third-order valence-corrected chi connectivity index (χ3v) is 2.48. The van der Waals surface area contributed by atoms with Crippen molar-refractivity contribution in [3.63, 3.8) is 0 Å². The zero-order chi connectivity index (χ0) is 14.8. The minimum Gasteiger partial charge on any atom is -0.399 e. The fourth-order valence-corrected chi connectivity index (χ4v) is 1.60. The van der Waals surface area contributed by atoms with Crippen LogP contribution >= 0.6 is 0 Å². The molecule has 2 atom stereocenters. The van der Waals surface area contributed by atoms with Gasteiger partial charge < -0.3 is 21.7 Å². The van der Waals surface area contributed by atoms with Crippen LogP contribution in [0.3, 0.4) is 0 Å². The van der Waals surface area contributed by atoms with E-state index in [4.69, 9.17) is 11.5 Å². The van der Waals surface area contributed by atoms with Crippen molar-refractivity contribution < 1.29 is 28.2 Å². The van der Waals surface area contributed by atoms with Gasteiger partial charge in [-0.15, -0.1) is 0 Å². The first-order valence-electron chi connectivity index (χ1n) is 5.24. The lowest BCUT2D eigenvalue weighted by Gasteiger charge is -2.21. The summed E-state index contributed by atoms with van der Waals surface area (Å²) in [6.07, 6.45) is -8.99. The summed E-state index contributed by atoms with van der Waals surface area (Å²) in [6.45, 7) is 0.